The highest BCUT2D eigenvalue weighted by molar-refractivity contribution is 5.98. The fourth-order valence-electron chi connectivity index (χ4n) is 3.79. The Labute approximate surface area is 259 Å². The number of hydrogen-bond donors (Lipinski definition) is 5. The Morgan fingerprint density at radius 1 is 1.07 bits per heavy atom. The molecule has 0 spiro atoms. The standard InChI is InChI=1S/C31H43N6O7/c1-9-16-37(30(42)43-17-10-2)19-22-18-23(14-13-21(22)5)34-26(38)24(12-11-15-33-28(32)40)35-27(39)25(20(3)4)36-29(41)44-31(6,7)8/h1-2,13-14,18,20,24-25H,5,11-12,15-17,19H2,3-4,6-8H3,(H,34,38)(H,35,39)(H,36,41)(H3,32,33,40)/t24-,25-/m0/s1. The topological polar surface area (TPSA) is 181 Å². The quantitative estimate of drug-likeness (QED) is 0.158. The van der Waals surface area contributed by atoms with Gasteiger partial charge in [0.2, 0.25) is 11.8 Å². The number of nitrogens with two attached hydrogens (primary N) is 1. The van der Waals surface area contributed by atoms with Crippen LogP contribution in [0.5, 0.6) is 0 Å². The van der Waals surface area contributed by atoms with Crippen molar-refractivity contribution >= 4 is 35.7 Å². The summed E-state index contributed by atoms with van der Waals surface area (Å²) in [7, 11) is 0. The van der Waals surface area contributed by atoms with E-state index >= 15 is 0 Å². The molecule has 0 bridgehead atoms. The summed E-state index contributed by atoms with van der Waals surface area (Å²) in [5.74, 6) is 3.11. The Kier molecular flexibility index (Phi) is 15.1. The van der Waals surface area contributed by atoms with E-state index in [2.05, 4.69) is 40.0 Å². The molecule has 1 aromatic carbocycles. The SMILES string of the molecule is C#CCOC(=O)N(CC#C)Cc1cc(NC(=O)[C@H](CCCNC(N)=O)NC(=O)[C@@H](NC(=O)OC(C)(C)C)C(C)C)ccc1[CH2]. The highest BCUT2D eigenvalue weighted by Crippen LogP contribution is 2.19. The number of carbonyl (C=O) groups is 5. The number of rotatable bonds is 14. The minimum absolute atomic E-state index is 0.0293. The predicted molar refractivity (Wildman–Crippen MR) is 166 cm³/mol. The second-order valence-electron chi connectivity index (χ2n) is 11.2. The van der Waals surface area contributed by atoms with Gasteiger partial charge < -0.3 is 36.5 Å². The third-order valence-corrected chi connectivity index (χ3v) is 5.88. The van der Waals surface area contributed by atoms with Crippen LogP contribution < -0.4 is 27.0 Å². The van der Waals surface area contributed by atoms with Crippen LogP contribution in [0.2, 0.25) is 0 Å². The minimum atomic E-state index is -1.06. The van der Waals surface area contributed by atoms with Gasteiger partial charge in [-0.15, -0.1) is 12.8 Å². The minimum Gasteiger partial charge on any atom is -0.444 e. The summed E-state index contributed by atoms with van der Waals surface area (Å²) in [6.07, 6.45) is 9.52. The molecular weight excluding hydrogens is 568 g/mol. The molecule has 1 aromatic rings. The third-order valence-electron chi connectivity index (χ3n) is 5.88. The summed E-state index contributed by atoms with van der Waals surface area (Å²) >= 11 is 0. The Hall–Kier alpha value is -4.91. The Balaban J connectivity index is 3.17. The van der Waals surface area contributed by atoms with Crippen molar-refractivity contribution < 1.29 is 33.4 Å². The number of primary amides is 1. The lowest BCUT2D eigenvalue weighted by atomic mass is 10.0. The molecule has 0 saturated carbocycles. The first-order valence-corrected chi connectivity index (χ1v) is 14.0. The molecule has 0 fully saturated rings. The summed E-state index contributed by atoms with van der Waals surface area (Å²) in [6, 6.07) is 2.10. The largest absolute Gasteiger partial charge is 0.444 e. The third kappa shape index (κ3) is 13.8. The maximum atomic E-state index is 13.4. The summed E-state index contributed by atoms with van der Waals surface area (Å²) < 4.78 is 10.3. The number of carbonyl (C=O) groups excluding carboxylic acids is 5. The van der Waals surface area contributed by atoms with Crippen LogP contribution in [0.3, 0.4) is 0 Å². The molecule has 0 heterocycles. The first-order chi connectivity index (χ1) is 20.6. The molecule has 0 unspecified atom stereocenters. The smallest absolute Gasteiger partial charge is 0.411 e. The number of terminal acetylenes is 2. The monoisotopic (exact) mass is 611 g/mol. The number of benzene rings is 1. The maximum Gasteiger partial charge on any atom is 0.411 e. The van der Waals surface area contributed by atoms with Gasteiger partial charge >= 0.3 is 18.2 Å². The molecule has 0 aliphatic rings. The summed E-state index contributed by atoms with van der Waals surface area (Å²) in [5, 5.41) is 10.5. The van der Waals surface area contributed by atoms with Gasteiger partial charge in [0, 0.05) is 12.2 Å². The molecule has 6 N–H and O–H groups in total. The molecule has 239 valence electrons. The predicted octanol–water partition coefficient (Wildman–Crippen LogP) is 2.49. The van der Waals surface area contributed by atoms with Crippen molar-refractivity contribution in [3.8, 4) is 24.7 Å². The van der Waals surface area contributed by atoms with Crippen LogP contribution in [-0.4, -0.2) is 72.3 Å². The molecule has 1 radical (unpaired) electrons. The number of ether oxygens (including phenoxy) is 2. The summed E-state index contributed by atoms with van der Waals surface area (Å²) in [4.78, 5) is 63.8. The second-order valence-corrected chi connectivity index (χ2v) is 11.2. The van der Waals surface area contributed by atoms with E-state index in [1.54, 1.807) is 52.8 Å². The van der Waals surface area contributed by atoms with Crippen LogP contribution in [0, 0.1) is 37.5 Å². The van der Waals surface area contributed by atoms with Crippen molar-refractivity contribution in [3.63, 3.8) is 0 Å². The second kappa shape index (κ2) is 17.9. The lowest BCUT2D eigenvalue weighted by Crippen LogP contribution is -2.55. The van der Waals surface area contributed by atoms with Crippen molar-refractivity contribution in [1.29, 1.82) is 0 Å². The van der Waals surface area contributed by atoms with Gasteiger partial charge in [-0.2, -0.15) is 0 Å². The first-order valence-electron chi connectivity index (χ1n) is 14.0. The number of amides is 6. The van der Waals surface area contributed by atoms with Crippen LogP contribution in [0.25, 0.3) is 0 Å². The van der Waals surface area contributed by atoms with Crippen molar-refractivity contribution in [2.24, 2.45) is 11.7 Å². The number of anilines is 1. The zero-order chi connectivity index (χ0) is 33.4. The highest BCUT2D eigenvalue weighted by Gasteiger charge is 2.30. The number of nitrogens with one attached hydrogen (secondary N) is 4. The van der Waals surface area contributed by atoms with Crippen LogP contribution in [0.4, 0.5) is 20.1 Å². The van der Waals surface area contributed by atoms with Crippen LogP contribution >= 0.6 is 0 Å². The van der Waals surface area contributed by atoms with Gasteiger partial charge in [-0.3, -0.25) is 14.5 Å². The van der Waals surface area contributed by atoms with Gasteiger partial charge in [-0.1, -0.05) is 31.8 Å². The van der Waals surface area contributed by atoms with Crippen LogP contribution in [-0.2, 0) is 25.6 Å². The van der Waals surface area contributed by atoms with Crippen LogP contribution in [0.15, 0.2) is 18.2 Å². The van der Waals surface area contributed by atoms with Crippen molar-refractivity contribution in [2.75, 3.05) is 25.0 Å². The molecule has 2 atom stereocenters. The molecule has 0 aliphatic carbocycles. The fraction of sp³-hybridized carbons (Fsp3) is 0.484. The molecular formula is C31H43N6O7. The number of hydrogen-bond acceptors (Lipinski definition) is 7. The molecule has 13 heteroatoms. The first kappa shape index (κ1) is 37.1. The number of urea groups is 1. The zero-order valence-corrected chi connectivity index (χ0v) is 26.0. The van der Waals surface area contributed by atoms with E-state index in [4.69, 9.17) is 28.1 Å². The van der Waals surface area contributed by atoms with Crippen molar-refractivity contribution in [1.82, 2.24) is 20.9 Å². The van der Waals surface area contributed by atoms with E-state index in [1.165, 1.54) is 4.90 Å². The van der Waals surface area contributed by atoms with Gasteiger partial charge in [0.15, 0.2) is 6.61 Å². The Bertz CT molecular complexity index is 1260. The van der Waals surface area contributed by atoms with E-state index in [0.29, 0.717) is 23.2 Å². The van der Waals surface area contributed by atoms with Crippen molar-refractivity contribution in [3.05, 3.63) is 36.2 Å². The van der Waals surface area contributed by atoms with Gasteiger partial charge in [0.1, 0.15) is 17.7 Å². The normalized spacial score (nSPS) is 12.0. The maximum absolute atomic E-state index is 13.4. The Morgan fingerprint density at radius 3 is 2.32 bits per heavy atom. The zero-order valence-electron chi connectivity index (χ0n) is 26.0. The molecule has 0 saturated heterocycles. The van der Waals surface area contributed by atoms with E-state index in [1.807, 2.05) is 0 Å². The van der Waals surface area contributed by atoms with Gasteiger partial charge in [-0.05, 0) is 69.7 Å². The van der Waals surface area contributed by atoms with E-state index in [0.717, 1.165) is 0 Å². The fourth-order valence-corrected chi connectivity index (χ4v) is 3.79. The lowest BCUT2D eigenvalue weighted by Gasteiger charge is -2.27. The van der Waals surface area contributed by atoms with Crippen molar-refractivity contribution in [2.45, 2.75) is 71.7 Å². The van der Waals surface area contributed by atoms with E-state index in [9.17, 15) is 24.0 Å². The molecule has 0 aromatic heterocycles. The highest BCUT2D eigenvalue weighted by atomic mass is 16.6. The molecule has 44 heavy (non-hydrogen) atoms. The van der Waals surface area contributed by atoms with Crippen LogP contribution in [0.1, 0.15) is 58.6 Å². The average Bonchev–Trinajstić information content (AvgIpc) is 2.92. The van der Waals surface area contributed by atoms with Gasteiger partial charge in [0.25, 0.3) is 0 Å². The van der Waals surface area contributed by atoms with E-state index < -0.39 is 47.7 Å². The van der Waals surface area contributed by atoms with Gasteiger partial charge in [-0.25, -0.2) is 14.4 Å². The van der Waals surface area contributed by atoms with E-state index in [-0.39, 0.29) is 38.6 Å². The molecule has 1 rings (SSSR count). The molecule has 0 aliphatic heterocycles. The lowest BCUT2D eigenvalue weighted by molar-refractivity contribution is -0.128. The molecule has 13 nitrogen and oxygen atoms in total. The molecule has 6 amide bonds. The van der Waals surface area contributed by atoms with Gasteiger partial charge in [0.05, 0.1) is 13.1 Å². The average molecular weight is 612 g/mol. The number of alkyl carbamates (subject to hydrolysis) is 1. The summed E-state index contributed by atoms with van der Waals surface area (Å²) in [5.41, 5.74) is 5.86. The Morgan fingerprint density at radius 2 is 1.75 bits per heavy atom. The summed E-state index contributed by atoms with van der Waals surface area (Å²) in [6.45, 7) is 12.5. The number of nitrogens with zero attached hydrogens (tertiary/aromatic N) is 1.